The van der Waals surface area contributed by atoms with Gasteiger partial charge in [-0.3, -0.25) is 14.7 Å². The first-order valence-electron chi connectivity index (χ1n) is 5.30. The van der Waals surface area contributed by atoms with Crippen LogP contribution in [0.1, 0.15) is 11.1 Å². The van der Waals surface area contributed by atoms with Crippen LogP contribution in [-0.2, 0) is 4.79 Å². The molecule has 90 valence electrons. The minimum absolute atomic E-state index is 0.0510. The highest BCUT2D eigenvalue weighted by atomic mass is 32.2. The highest BCUT2D eigenvalue weighted by Gasteiger charge is 2.29. The van der Waals surface area contributed by atoms with E-state index in [1.54, 1.807) is 26.2 Å². The van der Waals surface area contributed by atoms with Gasteiger partial charge in [0.2, 0.25) is 0 Å². The van der Waals surface area contributed by atoms with Gasteiger partial charge in [-0.1, -0.05) is 12.1 Å². The average Bonchev–Trinajstić information content (AvgIpc) is 2.67. The second-order valence-corrected chi connectivity index (χ2v) is 4.72. The van der Waals surface area contributed by atoms with Gasteiger partial charge in [0.15, 0.2) is 5.17 Å². The molecule has 0 radical (unpaired) electrons. The lowest BCUT2D eigenvalue weighted by Crippen LogP contribution is -2.23. The Labute approximate surface area is 110 Å². The summed E-state index contributed by atoms with van der Waals surface area (Å²) in [5.74, 6) is -0.0510. The Morgan fingerprint density at radius 1 is 1.39 bits per heavy atom. The first kappa shape index (κ1) is 12.4. The number of carbonyl (C=O) groups is 1. The summed E-state index contributed by atoms with van der Waals surface area (Å²) in [5.41, 5.74) is 1.51. The molecule has 0 aliphatic carbocycles. The van der Waals surface area contributed by atoms with Gasteiger partial charge in [0.25, 0.3) is 5.91 Å². The summed E-state index contributed by atoms with van der Waals surface area (Å²) in [6.07, 6.45) is 1.81. The molecule has 18 heavy (non-hydrogen) atoms. The van der Waals surface area contributed by atoms with Crippen molar-refractivity contribution in [1.29, 1.82) is 5.26 Å². The second-order valence-electron chi connectivity index (χ2n) is 3.71. The van der Waals surface area contributed by atoms with Gasteiger partial charge in [-0.2, -0.15) is 5.26 Å². The third-order valence-electron chi connectivity index (χ3n) is 2.53. The van der Waals surface area contributed by atoms with E-state index in [0.29, 0.717) is 15.6 Å². The van der Waals surface area contributed by atoms with Crippen LogP contribution < -0.4 is 0 Å². The van der Waals surface area contributed by atoms with E-state index < -0.39 is 0 Å². The number of hydrogen-bond acceptors (Lipinski definition) is 4. The maximum Gasteiger partial charge on any atom is 0.266 e. The molecule has 1 heterocycles. The smallest absolute Gasteiger partial charge is 0.266 e. The molecule has 0 atom stereocenters. The van der Waals surface area contributed by atoms with Crippen LogP contribution in [0.5, 0.6) is 0 Å². The summed E-state index contributed by atoms with van der Waals surface area (Å²) < 4.78 is 0. The summed E-state index contributed by atoms with van der Waals surface area (Å²) >= 11 is 1.35. The zero-order chi connectivity index (χ0) is 13.1. The van der Waals surface area contributed by atoms with Crippen molar-refractivity contribution in [2.24, 2.45) is 4.99 Å². The fraction of sp³-hybridized carbons (Fsp3) is 0.154. The van der Waals surface area contributed by atoms with Gasteiger partial charge in [0, 0.05) is 14.1 Å². The minimum Gasteiger partial charge on any atom is -0.290 e. The molecule has 0 saturated carbocycles. The second kappa shape index (κ2) is 5.07. The van der Waals surface area contributed by atoms with Crippen molar-refractivity contribution < 1.29 is 4.79 Å². The highest BCUT2D eigenvalue weighted by Crippen LogP contribution is 2.31. The summed E-state index contributed by atoms with van der Waals surface area (Å²) in [5, 5.41) is 9.40. The van der Waals surface area contributed by atoms with E-state index in [0.717, 1.165) is 5.56 Å². The molecule has 0 bridgehead atoms. The third-order valence-corrected chi connectivity index (χ3v) is 3.68. The van der Waals surface area contributed by atoms with E-state index in [1.807, 2.05) is 18.2 Å². The van der Waals surface area contributed by atoms with Crippen LogP contribution in [-0.4, -0.2) is 30.1 Å². The Hall–Kier alpha value is -2.06. The molecule has 4 nitrogen and oxygen atoms in total. The standard InChI is InChI=1S/C13H11N3OS/c1-15-13-16(2)12(17)11(18-13)7-9-3-5-10(8-14)6-4-9/h3-7H,1-2H3/b11-7+,15-13?. The van der Waals surface area contributed by atoms with Gasteiger partial charge >= 0.3 is 0 Å². The van der Waals surface area contributed by atoms with Gasteiger partial charge in [0.05, 0.1) is 16.5 Å². The van der Waals surface area contributed by atoms with Crippen molar-refractivity contribution in [1.82, 2.24) is 4.90 Å². The Balaban J connectivity index is 2.29. The molecule has 0 unspecified atom stereocenters. The summed E-state index contributed by atoms with van der Waals surface area (Å²) in [7, 11) is 3.37. The molecule has 2 rings (SSSR count). The van der Waals surface area contributed by atoms with Crippen LogP contribution in [0.3, 0.4) is 0 Å². The molecule has 1 aliphatic rings. The van der Waals surface area contributed by atoms with Crippen molar-refractivity contribution in [3.8, 4) is 6.07 Å². The van der Waals surface area contributed by atoms with Crippen LogP contribution in [0.25, 0.3) is 6.08 Å². The molecular formula is C13H11N3OS. The minimum atomic E-state index is -0.0510. The maximum atomic E-state index is 11.9. The lowest BCUT2D eigenvalue weighted by atomic mass is 10.1. The number of thioether (sulfide) groups is 1. The van der Waals surface area contributed by atoms with Crippen LogP contribution in [0.4, 0.5) is 0 Å². The summed E-state index contributed by atoms with van der Waals surface area (Å²) in [6.45, 7) is 0. The number of hydrogen-bond donors (Lipinski definition) is 0. The van der Waals surface area contributed by atoms with E-state index in [2.05, 4.69) is 11.1 Å². The molecule has 1 saturated heterocycles. The van der Waals surface area contributed by atoms with E-state index in [-0.39, 0.29) is 5.91 Å². The molecule has 1 aromatic carbocycles. The SMILES string of the molecule is CN=C1S/C(=C/c2ccc(C#N)cc2)C(=O)N1C. The Morgan fingerprint density at radius 3 is 2.56 bits per heavy atom. The number of amidine groups is 1. The molecule has 1 aliphatic heterocycles. The normalized spacial score (nSPS) is 19.6. The molecule has 1 amide bonds. The quantitative estimate of drug-likeness (QED) is 0.724. The number of rotatable bonds is 1. The number of aliphatic imine (C=N–C) groups is 1. The number of amides is 1. The fourth-order valence-corrected chi connectivity index (χ4v) is 2.48. The van der Waals surface area contributed by atoms with E-state index >= 15 is 0 Å². The predicted molar refractivity (Wildman–Crippen MR) is 72.9 cm³/mol. The number of nitrogens with zero attached hydrogens (tertiary/aromatic N) is 3. The van der Waals surface area contributed by atoms with Gasteiger partial charge < -0.3 is 0 Å². The van der Waals surface area contributed by atoms with Crippen LogP contribution >= 0.6 is 11.8 Å². The Kier molecular flexibility index (Phi) is 3.49. The zero-order valence-corrected chi connectivity index (χ0v) is 10.9. The van der Waals surface area contributed by atoms with Crippen molar-refractivity contribution in [2.45, 2.75) is 0 Å². The first-order chi connectivity index (χ1) is 8.65. The lowest BCUT2D eigenvalue weighted by molar-refractivity contribution is -0.121. The lowest BCUT2D eigenvalue weighted by Gasteiger charge is -2.04. The molecule has 0 N–H and O–H groups in total. The number of carbonyl (C=O) groups excluding carboxylic acids is 1. The summed E-state index contributed by atoms with van der Waals surface area (Å²) in [6, 6.07) is 9.16. The van der Waals surface area contributed by atoms with Gasteiger partial charge in [0.1, 0.15) is 0 Å². The van der Waals surface area contributed by atoms with Gasteiger partial charge in [-0.25, -0.2) is 0 Å². The van der Waals surface area contributed by atoms with Gasteiger partial charge in [-0.15, -0.1) is 0 Å². The molecule has 1 fully saturated rings. The monoisotopic (exact) mass is 257 g/mol. The summed E-state index contributed by atoms with van der Waals surface area (Å²) in [4.78, 5) is 18.1. The van der Waals surface area contributed by atoms with Crippen LogP contribution in [0.2, 0.25) is 0 Å². The van der Waals surface area contributed by atoms with E-state index in [9.17, 15) is 4.79 Å². The van der Waals surface area contributed by atoms with Crippen molar-refractivity contribution in [3.63, 3.8) is 0 Å². The van der Waals surface area contributed by atoms with Crippen LogP contribution in [0, 0.1) is 11.3 Å². The molecular weight excluding hydrogens is 246 g/mol. The van der Waals surface area contributed by atoms with Crippen LogP contribution in [0.15, 0.2) is 34.2 Å². The first-order valence-corrected chi connectivity index (χ1v) is 6.12. The fourth-order valence-electron chi connectivity index (χ4n) is 1.55. The Bertz CT molecular complexity index is 581. The highest BCUT2D eigenvalue weighted by molar-refractivity contribution is 8.18. The predicted octanol–water partition coefficient (Wildman–Crippen LogP) is 2.09. The average molecular weight is 257 g/mol. The molecule has 5 heteroatoms. The number of nitriles is 1. The topological polar surface area (TPSA) is 56.5 Å². The number of likely N-dealkylation sites (N-methyl/N-ethyl adjacent to an activating group) is 1. The third kappa shape index (κ3) is 2.29. The van der Waals surface area contributed by atoms with Crippen molar-refractivity contribution >= 4 is 28.9 Å². The largest absolute Gasteiger partial charge is 0.290 e. The molecule has 0 spiro atoms. The molecule has 1 aromatic rings. The van der Waals surface area contributed by atoms with E-state index in [4.69, 9.17) is 5.26 Å². The van der Waals surface area contributed by atoms with Crippen molar-refractivity contribution in [2.75, 3.05) is 14.1 Å². The Morgan fingerprint density at radius 2 is 2.06 bits per heavy atom. The van der Waals surface area contributed by atoms with Gasteiger partial charge in [-0.05, 0) is 35.5 Å². The van der Waals surface area contributed by atoms with E-state index in [1.165, 1.54) is 16.7 Å². The van der Waals surface area contributed by atoms with Crippen molar-refractivity contribution in [3.05, 3.63) is 40.3 Å². The maximum absolute atomic E-state index is 11.9. The molecule has 0 aromatic heterocycles. The number of benzene rings is 1. The zero-order valence-electron chi connectivity index (χ0n) is 10.0.